The first-order chi connectivity index (χ1) is 16.5. The molecule has 2 bridgehead atoms. The SMILES string of the molecule is O=C(COc1ccc(Cl)c(F)c1)NC1CC(NC(=O)C2CCC(C3CCCO3)CN2)C2CC1C2. The van der Waals surface area contributed by atoms with Gasteiger partial charge in [0.15, 0.2) is 6.61 Å². The van der Waals surface area contributed by atoms with E-state index in [2.05, 4.69) is 16.0 Å². The average molecular weight is 494 g/mol. The van der Waals surface area contributed by atoms with Gasteiger partial charge in [-0.2, -0.15) is 0 Å². The lowest BCUT2D eigenvalue weighted by atomic mass is 9.60. The second kappa shape index (κ2) is 10.4. The van der Waals surface area contributed by atoms with Gasteiger partial charge < -0.3 is 25.4 Å². The number of ether oxygens (including phenoxy) is 2. The van der Waals surface area contributed by atoms with Crippen molar-refractivity contribution in [3.63, 3.8) is 0 Å². The van der Waals surface area contributed by atoms with Crippen molar-refractivity contribution < 1.29 is 23.5 Å². The lowest BCUT2D eigenvalue weighted by Crippen LogP contribution is -2.62. The normalized spacial score (nSPS) is 34.7. The van der Waals surface area contributed by atoms with E-state index in [4.69, 9.17) is 21.1 Å². The largest absolute Gasteiger partial charge is 0.484 e. The Morgan fingerprint density at radius 1 is 1.09 bits per heavy atom. The summed E-state index contributed by atoms with van der Waals surface area (Å²) >= 11 is 5.68. The van der Waals surface area contributed by atoms with E-state index >= 15 is 0 Å². The van der Waals surface area contributed by atoms with Crippen LogP contribution in [-0.4, -0.2) is 55.8 Å². The lowest BCUT2D eigenvalue weighted by Gasteiger charge is -2.51. The number of fused-ring (bicyclic) bond motifs is 2. The van der Waals surface area contributed by atoms with E-state index in [0.717, 1.165) is 58.1 Å². The minimum Gasteiger partial charge on any atom is -0.484 e. The number of rotatable bonds is 7. The number of hydrogen-bond acceptors (Lipinski definition) is 5. The highest BCUT2D eigenvalue weighted by Gasteiger charge is 2.47. The van der Waals surface area contributed by atoms with Gasteiger partial charge in [0.05, 0.1) is 17.2 Å². The fraction of sp³-hybridized carbons (Fsp3) is 0.680. The molecule has 6 rings (SSSR count). The van der Waals surface area contributed by atoms with Gasteiger partial charge in [-0.15, -0.1) is 0 Å². The molecule has 7 nitrogen and oxygen atoms in total. The Balaban J connectivity index is 1.07. The third-order valence-corrected chi connectivity index (χ3v) is 8.36. The number of benzene rings is 1. The van der Waals surface area contributed by atoms with E-state index in [0.29, 0.717) is 23.9 Å². The fourth-order valence-corrected chi connectivity index (χ4v) is 6.14. The van der Waals surface area contributed by atoms with E-state index in [9.17, 15) is 14.0 Å². The van der Waals surface area contributed by atoms with Crippen LogP contribution in [0.15, 0.2) is 18.2 Å². The first-order valence-electron chi connectivity index (χ1n) is 12.5. The number of carbonyl (C=O) groups excluding carboxylic acids is 2. The molecule has 5 fully saturated rings. The Morgan fingerprint density at radius 3 is 2.56 bits per heavy atom. The maximum Gasteiger partial charge on any atom is 0.258 e. The summed E-state index contributed by atoms with van der Waals surface area (Å²) in [5.41, 5.74) is 0. The van der Waals surface area contributed by atoms with Gasteiger partial charge in [0.2, 0.25) is 5.91 Å². The Bertz CT molecular complexity index is 898. The number of amides is 2. The van der Waals surface area contributed by atoms with Crippen LogP contribution < -0.4 is 20.7 Å². The van der Waals surface area contributed by atoms with Crippen LogP contribution in [0.25, 0.3) is 0 Å². The monoisotopic (exact) mass is 493 g/mol. The molecular weight excluding hydrogens is 461 g/mol. The summed E-state index contributed by atoms with van der Waals surface area (Å²) < 4.78 is 24.8. The molecule has 0 spiro atoms. The van der Waals surface area contributed by atoms with E-state index in [-0.39, 0.29) is 47.3 Å². The van der Waals surface area contributed by atoms with Gasteiger partial charge in [-0.1, -0.05) is 11.6 Å². The second-order valence-electron chi connectivity index (χ2n) is 10.2. The van der Waals surface area contributed by atoms with Gasteiger partial charge in [-0.25, -0.2) is 4.39 Å². The van der Waals surface area contributed by atoms with E-state index in [1.807, 2.05) is 0 Å². The van der Waals surface area contributed by atoms with Gasteiger partial charge in [0.1, 0.15) is 11.6 Å². The quantitative estimate of drug-likeness (QED) is 0.543. The molecule has 5 aliphatic rings. The minimum absolute atomic E-state index is 0.0107. The molecule has 3 aliphatic carbocycles. The molecule has 1 aromatic carbocycles. The van der Waals surface area contributed by atoms with Crippen molar-refractivity contribution in [2.24, 2.45) is 17.8 Å². The Labute approximate surface area is 204 Å². The van der Waals surface area contributed by atoms with Crippen LogP contribution in [0, 0.1) is 23.6 Å². The fourth-order valence-electron chi connectivity index (χ4n) is 6.02. The minimum atomic E-state index is -0.583. The smallest absolute Gasteiger partial charge is 0.258 e. The number of nitrogens with one attached hydrogen (secondary N) is 3. The highest BCUT2D eigenvalue weighted by Crippen LogP contribution is 2.46. The van der Waals surface area contributed by atoms with Gasteiger partial charge in [-0.05, 0) is 74.8 Å². The summed E-state index contributed by atoms with van der Waals surface area (Å²) in [5.74, 6) is 0.926. The third kappa shape index (κ3) is 5.34. The van der Waals surface area contributed by atoms with E-state index < -0.39 is 5.82 Å². The zero-order valence-corrected chi connectivity index (χ0v) is 20.0. The van der Waals surface area contributed by atoms with Crippen molar-refractivity contribution in [3.05, 3.63) is 29.0 Å². The predicted octanol–water partition coefficient (Wildman–Crippen LogP) is 2.80. The van der Waals surface area contributed by atoms with Crippen LogP contribution in [0.3, 0.4) is 0 Å². The van der Waals surface area contributed by atoms with Crippen LogP contribution in [0.2, 0.25) is 5.02 Å². The summed E-state index contributed by atoms with van der Waals surface area (Å²) in [6.07, 6.45) is 7.21. The lowest BCUT2D eigenvalue weighted by molar-refractivity contribution is -0.128. The van der Waals surface area contributed by atoms with Crippen LogP contribution in [0.4, 0.5) is 4.39 Å². The van der Waals surface area contributed by atoms with Crippen LogP contribution in [0.5, 0.6) is 5.75 Å². The molecule has 3 N–H and O–H groups in total. The predicted molar refractivity (Wildman–Crippen MR) is 125 cm³/mol. The standard InChI is InChI=1S/C25H33ClFN3O4/c26-18-5-4-17(10-19(18)27)34-13-24(31)29-21-11-22(16-8-15(21)9-16)30-25(32)20-6-3-14(12-28-20)23-2-1-7-33-23/h4-5,10,14-16,20-23,28H,1-3,6-9,11-13H2,(H,29,31)(H,30,32). The number of hydrogen-bond donors (Lipinski definition) is 3. The number of halogens is 2. The molecule has 3 saturated carbocycles. The summed E-state index contributed by atoms with van der Waals surface area (Å²) in [6, 6.07) is 4.03. The van der Waals surface area contributed by atoms with Crippen LogP contribution >= 0.6 is 11.6 Å². The highest BCUT2D eigenvalue weighted by atomic mass is 35.5. The van der Waals surface area contributed by atoms with Crippen LogP contribution in [-0.2, 0) is 14.3 Å². The van der Waals surface area contributed by atoms with Crippen LogP contribution in [0.1, 0.15) is 44.9 Å². The maximum atomic E-state index is 13.5. The molecule has 2 aliphatic heterocycles. The van der Waals surface area contributed by atoms with Crippen molar-refractivity contribution in [2.45, 2.75) is 69.2 Å². The number of carbonyl (C=O) groups is 2. The number of piperidine rings is 1. The highest BCUT2D eigenvalue weighted by molar-refractivity contribution is 6.30. The molecule has 5 unspecified atom stereocenters. The molecule has 5 atom stereocenters. The van der Waals surface area contributed by atoms with Gasteiger partial charge >= 0.3 is 0 Å². The molecule has 9 heteroatoms. The summed E-state index contributed by atoms with van der Waals surface area (Å²) in [6.45, 7) is 1.50. The molecule has 0 aromatic heterocycles. The Morgan fingerprint density at radius 2 is 1.88 bits per heavy atom. The van der Waals surface area contributed by atoms with Crippen molar-refractivity contribution >= 4 is 23.4 Å². The molecule has 2 amide bonds. The van der Waals surface area contributed by atoms with Crippen molar-refractivity contribution in [2.75, 3.05) is 19.8 Å². The van der Waals surface area contributed by atoms with Gasteiger partial charge in [-0.3, -0.25) is 9.59 Å². The molecule has 34 heavy (non-hydrogen) atoms. The molecule has 1 aromatic rings. The Kier molecular flexibility index (Phi) is 7.27. The van der Waals surface area contributed by atoms with E-state index in [1.165, 1.54) is 18.2 Å². The molecule has 2 saturated heterocycles. The molecule has 186 valence electrons. The second-order valence-corrected chi connectivity index (χ2v) is 10.6. The summed E-state index contributed by atoms with van der Waals surface area (Å²) in [4.78, 5) is 25.4. The Hall–Kier alpha value is -1.90. The topological polar surface area (TPSA) is 88.7 Å². The van der Waals surface area contributed by atoms with E-state index in [1.54, 1.807) is 0 Å². The zero-order chi connectivity index (χ0) is 23.7. The third-order valence-electron chi connectivity index (χ3n) is 8.05. The van der Waals surface area contributed by atoms with Gasteiger partial charge in [0.25, 0.3) is 5.91 Å². The molecule has 2 heterocycles. The maximum absolute atomic E-state index is 13.5. The zero-order valence-electron chi connectivity index (χ0n) is 19.2. The molecule has 0 radical (unpaired) electrons. The average Bonchev–Trinajstić information content (AvgIpc) is 3.34. The van der Waals surface area contributed by atoms with Crippen molar-refractivity contribution in [3.8, 4) is 5.75 Å². The summed E-state index contributed by atoms with van der Waals surface area (Å²) in [5, 5.41) is 9.77. The van der Waals surface area contributed by atoms with Crippen molar-refractivity contribution in [1.82, 2.24) is 16.0 Å². The molecular formula is C25H33ClFN3O4. The first kappa shape index (κ1) is 23.8. The van der Waals surface area contributed by atoms with Crippen molar-refractivity contribution in [1.29, 1.82) is 0 Å². The first-order valence-corrected chi connectivity index (χ1v) is 12.9. The van der Waals surface area contributed by atoms with Gasteiger partial charge in [0, 0.05) is 31.3 Å². The summed E-state index contributed by atoms with van der Waals surface area (Å²) in [7, 11) is 0.